The molecule has 2 nitrogen and oxygen atoms in total. The minimum absolute atomic E-state index is 0.142. The molecule has 3 rings (SSSR count). The lowest BCUT2D eigenvalue weighted by molar-refractivity contribution is 0.287. The van der Waals surface area contributed by atoms with Crippen LogP contribution in [-0.4, -0.2) is 25.2 Å². The van der Waals surface area contributed by atoms with Crippen molar-refractivity contribution < 1.29 is 4.74 Å². The molecular weight excluding hydrogens is 290 g/mol. The Hall–Kier alpha value is -0.670. The molecule has 0 amide bonds. The van der Waals surface area contributed by atoms with Gasteiger partial charge in [0.15, 0.2) is 0 Å². The van der Waals surface area contributed by atoms with Crippen LogP contribution in [0.2, 0.25) is 0 Å². The number of benzene rings is 1. The number of thioether (sulfide) groups is 1. The van der Waals surface area contributed by atoms with Crippen molar-refractivity contribution >= 4 is 11.8 Å². The predicted molar refractivity (Wildman–Crippen MR) is 96.1 cm³/mol. The van der Waals surface area contributed by atoms with Crippen LogP contribution in [0.25, 0.3) is 0 Å². The minimum Gasteiger partial charge on any atom is -0.496 e. The van der Waals surface area contributed by atoms with Crippen LogP contribution >= 0.6 is 11.8 Å². The molecule has 0 atom stereocenters. The lowest BCUT2D eigenvalue weighted by Crippen LogP contribution is -2.37. The van der Waals surface area contributed by atoms with Gasteiger partial charge in [0.2, 0.25) is 0 Å². The van der Waals surface area contributed by atoms with Gasteiger partial charge in [0.05, 0.1) is 7.11 Å². The van der Waals surface area contributed by atoms with Gasteiger partial charge in [0.25, 0.3) is 0 Å². The van der Waals surface area contributed by atoms with Crippen molar-refractivity contribution in [2.75, 3.05) is 25.2 Å². The highest BCUT2D eigenvalue weighted by atomic mass is 32.2. The molecule has 1 saturated heterocycles. The normalized spacial score (nSPS) is 22.5. The third-order valence-corrected chi connectivity index (χ3v) is 6.74. The largest absolute Gasteiger partial charge is 0.496 e. The van der Waals surface area contributed by atoms with E-state index in [1.165, 1.54) is 67.6 Å². The fourth-order valence-electron chi connectivity index (χ4n) is 4.24. The molecule has 1 aliphatic heterocycles. The zero-order valence-corrected chi connectivity index (χ0v) is 14.6. The minimum atomic E-state index is 0.142. The summed E-state index contributed by atoms with van der Waals surface area (Å²) in [6, 6.07) is 6.92. The Kier molecular flexibility index (Phi) is 5.35. The second kappa shape index (κ2) is 7.27. The summed E-state index contributed by atoms with van der Waals surface area (Å²) in [5, 5.41) is 0. The summed E-state index contributed by atoms with van der Waals surface area (Å²) >= 11 is 2.09. The van der Waals surface area contributed by atoms with E-state index in [0.29, 0.717) is 0 Å². The monoisotopic (exact) mass is 319 g/mol. The Morgan fingerprint density at radius 1 is 1.18 bits per heavy atom. The Morgan fingerprint density at radius 2 is 1.91 bits per heavy atom. The van der Waals surface area contributed by atoms with Crippen molar-refractivity contribution in [3.05, 3.63) is 29.3 Å². The third-order valence-electron chi connectivity index (χ3n) is 5.69. The van der Waals surface area contributed by atoms with E-state index in [-0.39, 0.29) is 5.41 Å². The van der Waals surface area contributed by atoms with E-state index in [4.69, 9.17) is 10.5 Å². The van der Waals surface area contributed by atoms with Gasteiger partial charge in [-0.15, -0.1) is 0 Å². The van der Waals surface area contributed by atoms with Crippen LogP contribution in [0.3, 0.4) is 0 Å². The summed E-state index contributed by atoms with van der Waals surface area (Å²) < 4.78 is 5.71. The van der Waals surface area contributed by atoms with E-state index in [0.717, 1.165) is 18.2 Å². The SMILES string of the molecule is COc1ccc(C2CCSCC2)cc1C1(CN)CCCCC1. The Labute approximate surface area is 139 Å². The molecule has 0 bridgehead atoms. The molecule has 1 saturated carbocycles. The van der Waals surface area contributed by atoms with Crippen LogP contribution in [0, 0.1) is 0 Å². The lowest BCUT2D eigenvalue weighted by atomic mass is 9.68. The first-order chi connectivity index (χ1) is 10.8. The molecule has 122 valence electrons. The van der Waals surface area contributed by atoms with Crippen molar-refractivity contribution in [1.82, 2.24) is 0 Å². The van der Waals surface area contributed by atoms with Crippen molar-refractivity contribution in [2.45, 2.75) is 56.3 Å². The van der Waals surface area contributed by atoms with Gasteiger partial charge < -0.3 is 10.5 Å². The second-order valence-corrected chi connectivity index (χ2v) is 8.12. The van der Waals surface area contributed by atoms with Gasteiger partial charge in [-0.3, -0.25) is 0 Å². The maximum Gasteiger partial charge on any atom is 0.122 e. The van der Waals surface area contributed by atoms with Crippen LogP contribution in [0.15, 0.2) is 18.2 Å². The number of ether oxygens (including phenoxy) is 1. The number of hydrogen-bond acceptors (Lipinski definition) is 3. The predicted octanol–water partition coefficient (Wildman–Crippen LogP) is 4.47. The molecule has 2 fully saturated rings. The zero-order valence-electron chi connectivity index (χ0n) is 13.8. The summed E-state index contributed by atoms with van der Waals surface area (Å²) in [5.74, 6) is 4.37. The molecular formula is C19H29NOS. The van der Waals surface area contributed by atoms with E-state index < -0.39 is 0 Å². The standard InChI is InChI=1S/C19H29NOS/c1-21-18-6-5-16(15-7-11-22-12-8-15)13-17(18)19(14-20)9-3-2-4-10-19/h5-6,13,15H,2-4,7-12,14,20H2,1H3. The van der Waals surface area contributed by atoms with Gasteiger partial charge in [0, 0.05) is 17.5 Å². The van der Waals surface area contributed by atoms with Gasteiger partial charge >= 0.3 is 0 Å². The molecule has 2 aliphatic rings. The first kappa shape index (κ1) is 16.2. The smallest absolute Gasteiger partial charge is 0.122 e. The zero-order chi connectivity index (χ0) is 15.4. The quantitative estimate of drug-likeness (QED) is 0.889. The van der Waals surface area contributed by atoms with E-state index in [9.17, 15) is 0 Å². The van der Waals surface area contributed by atoms with E-state index in [1.807, 2.05) is 0 Å². The maximum absolute atomic E-state index is 6.26. The number of methoxy groups -OCH3 is 1. The van der Waals surface area contributed by atoms with Crippen LogP contribution < -0.4 is 10.5 Å². The first-order valence-electron chi connectivity index (χ1n) is 8.75. The molecule has 0 radical (unpaired) electrons. The summed E-state index contributed by atoms with van der Waals surface area (Å²) in [7, 11) is 1.79. The first-order valence-corrected chi connectivity index (χ1v) is 9.91. The molecule has 1 heterocycles. The Morgan fingerprint density at radius 3 is 2.55 bits per heavy atom. The molecule has 1 aliphatic carbocycles. The van der Waals surface area contributed by atoms with Crippen LogP contribution in [0.4, 0.5) is 0 Å². The maximum atomic E-state index is 6.26. The molecule has 0 unspecified atom stereocenters. The van der Waals surface area contributed by atoms with E-state index in [2.05, 4.69) is 30.0 Å². The van der Waals surface area contributed by atoms with Gasteiger partial charge in [-0.05, 0) is 54.7 Å². The fourth-order valence-corrected chi connectivity index (χ4v) is 5.34. The summed E-state index contributed by atoms with van der Waals surface area (Å²) in [6.45, 7) is 0.743. The highest BCUT2D eigenvalue weighted by Crippen LogP contribution is 2.44. The van der Waals surface area contributed by atoms with Gasteiger partial charge in [-0.25, -0.2) is 0 Å². The average molecular weight is 320 g/mol. The van der Waals surface area contributed by atoms with Crippen LogP contribution in [0.5, 0.6) is 5.75 Å². The molecule has 1 aromatic rings. The average Bonchev–Trinajstić information content (AvgIpc) is 2.62. The molecule has 2 N–H and O–H groups in total. The van der Waals surface area contributed by atoms with Gasteiger partial charge in [0.1, 0.15) is 5.75 Å². The third kappa shape index (κ3) is 3.16. The fraction of sp³-hybridized carbons (Fsp3) is 0.684. The number of nitrogens with two attached hydrogens (primary N) is 1. The Balaban J connectivity index is 1.96. The van der Waals surface area contributed by atoms with E-state index in [1.54, 1.807) is 7.11 Å². The van der Waals surface area contributed by atoms with Crippen molar-refractivity contribution in [3.8, 4) is 5.75 Å². The second-order valence-electron chi connectivity index (χ2n) is 6.89. The Bertz CT molecular complexity index is 490. The topological polar surface area (TPSA) is 35.2 Å². The summed E-state index contributed by atoms with van der Waals surface area (Å²) in [5.41, 5.74) is 9.30. The van der Waals surface area contributed by atoms with Crippen molar-refractivity contribution in [1.29, 1.82) is 0 Å². The van der Waals surface area contributed by atoms with Crippen LogP contribution in [-0.2, 0) is 5.41 Å². The van der Waals surface area contributed by atoms with Crippen molar-refractivity contribution in [3.63, 3.8) is 0 Å². The number of hydrogen-bond donors (Lipinski definition) is 1. The molecule has 3 heteroatoms. The van der Waals surface area contributed by atoms with Crippen molar-refractivity contribution in [2.24, 2.45) is 5.73 Å². The molecule has 0 spiro atoms. The summed E-state index contributed by atoms with van der Waals surface area (Å²) in [4.78, 5) is 0. The van der Waals surface area contributed by atoms with Gasteiger partial charge in [-0.1, -0.05) is 31.4 Å². The molecule has 1 aromatic carbocycles. The highest BCUT2D eigenvalue weighted by molar-refractivity contribution is 7.99. The highest BCUT2D eigenvalue weighted by Gasteiger charge is 2.35. The lowest BCUT2D eigenvalue weighted by Gasteiger charge is -2.38. The summed E-state index contributed by atoms with van der Waals surface area (Å²) in [6.07, 6.45) is 8.99. The molecule has 0 aromatic heterocycles. The molecule has 22 heavy (non-hydrogen) atoms. The van der Waals surface area contributed by atoms with Gasteiger partial charge in [-0.2, -0.15) is 11.8 Å². The van der Waals surface area contributed by atoms with E-state index >= 15 is 0 Å². The van der Waals surface area contributed by atoms with Crippen LogP contribution in [0.1, 0.15) is 62.0 Å². The number of rotatable bonds is 4.